The van der Waals surface area contributed by atoms with Gasteiger partial charge in [-0.3, -0.25) is 0 Å². The van der Waals surface area contributed by atoms with Crippen LogP contribution in [0, 0.1) is 0 Å². The van der Waals surface area contributed by atoms with Crippen LogP contribution in [0.1, 0.15) is 64.5 Å². The topological polar surface area (TPSA) is 12.0 Å². The van der Waals surface area contributed by atoms with Gasteiger partial charge in [-0.1, -0.05) is 32.9 Å². The molecular weight excluding hydrogens is 206 g/mol. The molecule has 1 saturated carbocycles. The van der Waals surface area contributed by atoms with Crippen molar-refractivity contribution in [3.8, 4) is 0 Å². The maximum Gasteiger partial charge on any atom is 0.0383 e. The minimum atomic E-state index is 0.437. The lowest BCUT2D eigenvalue weighted by atomic mass is 9.92. The number of hydrogen-bond donors (Lipinski definition) is 1. The van der Waals surface area contributed by atoms with Crippen LogP contribution in [-0.2, 0) is 5.41 Å². The Morgan fingerprint density at radius 2 is 1.76 bits per heavy atom. The van der Waals surface area contributed by atoms with E-state index in [1.807, 2.05) is 0 Å². The summed E-state index contributed by atoms with van der Waals surface area (Å²) >= 11 is 0. The zero-order chi connectivity index (χ0) is 12.6. The summed E-state index contributed by atoms with van der Waals surface area (Å²) in [5.74, 6) is 0.601. The second-order valence-corrected chi connectivity index (χ2v) is 6.32. The van der Waals surface area contributed by atoms with E-state index in [0.717, 1.165) is 0 Å². The van der Waals surface area contributed by atoms with Crippen molar-refractivity contribution in [3.63, 3.8) is 0 Å². The van der Waals surface area contributed by atoms with Crippen molar-refractivity contribution >= 4 is 5.69 Å². The molecule has 0 aliphatic heterocycles. The van der Waals surface area contributed by atoms with Crippen molar-refractivity contribution in [2.75, 3.05) is 5.32 Å². The van der Waals surface area contributed by atoms with Gasteiger partial charge in [0.15, 0.2) is 0 Å². The maximum atomic E-state index is 3.62. The van der Waals surface area contributed by atoms with E-state index in [0.29, 0.717) is 17.4 Å². The van der Waals surface area contributed by atoms with Crippen LogP contribution >= 0.6 is 0 Å². The Hall–Kier alpha value is -0.980. The first-order valence-corrected chi connectivity index (χ1v) is 6.83. The van der Waals surface area contributed by atoms with Crippen molar-refractivity contribution in [1.29, 1.82) is 0 Å². The van der Waals surface area contributed by atoms with Gasteiger partial charge in [-0.05, 0) is 55.2 Å². The molecule has 1 aliphatic carbocycles. The van der Waals surface area contributed by atoms with Crippen LogP contribution < -0.4 is 5.32 Å². The van der Waals surface area contributed by atoms with Gasteiger partial charge < -0.3 is 5.32 Å². The van der Waals surface area contributed by atoms with Gasteiger partial charge in [-0.25, -0.2) is 0 Å². The molecule has 0 heterocycles. The first-order valence-electron chi connectivity index (χ1n) is 6.83. The van der Waals surface area contributed by atoms with Crippen LogP contribution in [0.3, 0.4) is 0 Å². The summed E-state index contributed by atoms with van der Waals surface area (Å²) in [4.78, 5) is 0. The van der Waals surface area contributed by atoms with Crippen molar-refractivity contribution in [3.05, 3.63) is 29.3 Å². The van der Waals surface area contributed by atoms with Crippen LogP contribution in [0.15, 0.2) is 18.2 Å². The molecule has 0 amide bonds. The molecular formula is C16H25N. The highest BCUT2D eigenvalue weighted by atomic mass is 14.9. The molecule has 0 atom stereocenters. The molecule has 1 N–H and O–H groups in total. The SMILES string of the molecule is CC(C)Nc1cc(C(C)C)ccc1C1(C)CC1. The highest BCUT2D eigenvalue weighted by molar-refractivity contribution is 5.58. The molecule has 0 saturated heterocycles. The molecule has 0 spiro atoms. The molecule has 0 unspecified atom stereocenters. The van der Waals surface area contributed by atoms with Crippen molar-refractivity contribution in [2.45, 2.75) is 64.8 Å². The largest absolute Gasteiger partial charge is 0.383 e. The molecule has 0 bridgehead atoms. The van der Waals surface area contributed by atoms with Gasteiger partial charge in [0.1, 0.15) is 0 Å². The highest BCUT2D eigenvalue weighted by Gasteiger charge is 2.40. The number of nitrogens with one attached hydrogen (secondary N) is 1. The van der Waals surface area contributed by atoms with E-state index in [1.54, 1.807) is 0 Å². The molecule has 2 rings (SSSR count). The standard InChI is InChI=1S/C16H25N/c1-11(2)13-6-7-14(16(5)8-9-16)15(10-13)17-12(3)4/h6-7,10-12,17H,8-9H2,1-5H3. The Kier molecular flexibility index (Phi) is 3.20. The third kappa shape index (κ3) is 2.65. The van der Waals surface area contributed by atoms with Crippen molar-refractivity contribution in [1.82, 2.24) is 0 Å². The Labute approximate surface area is 106 Å². The van der Waals surface area contributed by atoms with E-state index in [2.05, 4.69) is 58.1 Å². The lowest BCUT2D eigenvalue weighted by molar-refractivity contribution is 0.777. The van der Waals surface area contributed by atoms with Gasteiger partial charge in [0.2, 0.25) is 0 Å². The predicted molar refractivity (Wildman–Crippen MR) is 75.9 cm³/mol. The summed E-state index contributed by atoms with van der Waals surface area (Å²) in [6, 6.07) is 7.49. The van der Waals surface area contributed by atoms with Crippen LogP contribution in [-0.4, -0.2) is 6.04 Å². The fraction of sp³-hybridized carbons (Fsp3) is 0.625. The van der Waals surface area contributed by atoms with Gasteiger partial charge in [0.25, 0.3) is 0 Å². The minimum absolute atomic E-state index is 0.437. The lowest BCUT2D eigenvalue weighted by Crippen LogP contribution is -2.14. The van der Waals surface area contributed by atoms with E-state index >= 15 is 0 Å². The molecule has 1 fully saturated rings. The fourth-order valence-corrected chi connectivity index (χ4v) is 2.33. The monoisotopic (exact) mass is 231 g/mol. The van der Waals surface area contributed by atoms with Crippen molar-refractivity contribution in [2.24, 2.45) is 0 Å². The van der Waals surface area contributed by atoms with Gasteiger partial charge in [0.05, 0.1) is 0 Å². The third-order valence-electron chi connectivity index (χ3n) is 3.80. The molecule has 17 heavy (non-hydrogen) atoms. The fourth-order valence-electron chi connectivity index (χ4n) is 2.33. The molecule has 1 aromatic rings. The number of rotatable bonds is 4. The van der Waals surface area contributed by atoms with Gasteiger partial charge in [0, 0.05) is 11.7 Å². The minimum Gasteiger partial charge on any atom is -0.383 e. The summed E-state index contributed by atoms with van der Waals surface area (Å²) in [6.45, 7) is 11.3. The van der Waals surface area contributed by atoms with Gasteiger partial charge in [-0.2, -0.15) is 0 Å². The number of anilines is 1. The summed E-state index contributed by atoms with van der Waals surface area (Å²) in [7, 11) is 0. The first-order chi connectivity index (χ1) is 7.92. The highest BCUT2D eigenvalue weighted by Crippen LogP contribution is 2.50. The van der Waals surface area contributed by atoms with Gasteiger partial charge >= 0.3 is 0 Å². The molecule has 94 valence electrons. The van der Waals surface area contributed by atoms with Crippen LogP contribution in [0.4, 0.5) is 5.69 Å². The zero-order valence-electron chi connectivity index (χ0n) is 11.8. The van der Waals surface area contributed by atoms with Crippen molar-refractivity contribution < 1.29 is 0 Å². The maximum absolute atomic E-state index is 3.62. The Bertz CT molecular complexity index is 400. The normalized spacial score (nSPS) is 17.6. The molecule has 1 aliphatic rings. The Morgan fingerprint density at radius 3 is 2.24 bits per heavy atom. The second kappa shape index (κ2) is 4.36. The van der Waals surface area contributed by atoms with E-state index in [-0.39, 0.29) is 0 Å². The Morgan fingerprint density at radius 1 is 1.12 bits per heavy atom. The molecule has 1 aromatic carbocycles. The van der Waals surface area contributed by atoms with E-state index in [1.165, 1.54) is 29.7 Å². The zero-order valence-corrected chi connectivity index (χ0v) is 11.8. The van der Waals surface area contributed by atoms with Crippen LogP contribution in [0.2, 0.25) is 0 Å². The second-order valence-electron chi connectivity index (χ2n) is 6.32. The predicted octanol–water partition coefficient (Wildman–Crippen LogP) is 4.68. The molecule has 0 aromatic heterocycles. The summed E-state index contributed by atoms with van der Waals surface area (Å²) in [6.07, 6.45) is 2.67. The van der Waals surface area contributed by atoms with E-state index in [9.17, 15) is 0 Å². The summed E-state index contributed by atoms with van der Waals surface area (Å²) < 4.78 is 0. The lowest BCUT2D eigenvalue weighted by Gasteiger charge is -2.21. The smallest absolute Gasteiger partial charge is 0.0383 e. The molecule has 1 heteroatoms. The van der Waals surface area contributed by atoms with Gasteiger partial charge in [-0.15, -0.1) is 0 Å². The average molecular weight is 231 g/mol. The average Bonchev–Trinajstić information content (AvgIpc) is 2.96. The van der Waals surface area contributed by atoms with Crippen LogP contribution in [0.25, 0.3) is 0 Å². The van der Waals surface area contributed by atoms with E-state index in [4.69, 9.17) is 0 Å². The first kappa shape index (κ1) is 12.5. The third-order valence-corrected chi connectivity index (χ3v) is 3.80. The molecule has 1 nitrogen and oxygen atoms in total. The summed E-state index contributed by atoms with van der Waals surface area (Å²) in [5.41, 5.74) is 4.73. The number of benzene rings is 1. The van der Waals surface area contributed by atoms with E-state index < -0.39 is 0 Å². The summed E-state index contributed by atoms with van der Waals surface area (Å²) in [5, 5.41) is 3.62. The van der Waals surface area contributed by atoms with Crippen LogP contribution in [0.5, 0.6) is 0 Å². The quantitative estimate of drug-likeness (QED) is 0.793. The Balaban J connectivity index is 2.37. The molecule has 0 radical (unpaired) electrons. The number of hydrogen-bond acceptors (Lipinski definition) is 1.